The number of piperazine rings is 1. The summed E-state index contributed by atoms with van der Waals surface area (Å²) in [6.07, 6.45) is 0. The summed E-state index contributed by atoms with van der Waals surface area (Å²) in [5.41, 5.74) is 0.863. The zero-order valence-corrected chi connectivity index (χ0v) is 14.5. The topological polar surface area (TPSA) is 84.2 Å². The number of carbonyl (C=O) groups excluding carboxylic acids is 2. The third kappa shape index (κ3) is 4.01. The van der Waals surface area contributed by atoms with Gasteiger partial charge in [0.1, 0.15) is 6.54 Å². The lowest BCUT2D eigenvalue weighted by Gasteiger charge is -2.35. The highest BCUT2D eigenvalue weighted by Gasteiger charge is 2.25. The van der Waals surface area contributed by atoms with Crippen LogP contribution in [0.15, 0.2) is 30.3 Å². The Bertz CT molecular complexity index is 735. The average Bonchev–Trinajstić information content (AvgIpc) is 3.10. The van der Waals surface area contributed by atoms with Crippen molar-refractivity contribution in [2.45, 2.75) is 20.4 Å². The SMILES string of the molecule is CC(C)C(=O)N1CCN(C(=O)Cn2nnc(-c3ccccc3)n2)CC1. The van der Waals surface area contributed by atoms with Crippen molar-refractivity contribution in [3.63, 3.8) is 0 Å². The lowest BCUT2D eigenvalue weighted by Crippen LogP contribution is -2.52. The van der Waals surface area contributed by atoms with Gasteiger partial charge in [-0.25, -0.2) is 0 Å². The second-order valence-corrected chi connectivity index (χ2v) is 6.37. The van der Waals surface area contributed by atoms with E-state index in [-0.39, 0.29) is 24.3 Å². The van der Waals surface area contributed by atoms with E-state index in [0.29, 0.717) is 32.0 Å². The first-order chi connectivity index (χ1) is 12.0. The Morgan fingerprint density at radius 2 is 1.68 bits per heavy atom. The van der Waals surface area contributed by atoms with Crippen LogP contribution in [-0.4, -0.2) is 68.0 Å². The molecule has 0 spiro atoms. The Kier molecular flexibility index (Phi) is 5.06. The third-order valence-electron chi connectivity index (χ3n) is 4.20. The molecular formula is C17H22N6O2. The number of hydrogen-bond acceptors (Lipinski definition) is 5. The van der Waals surface area contributed by atoms with Gasteiger partial charge in [0.2, 0.25) is 17.6 Å². The van der Waals surface area contributed by atoms with Gasteiger partial charge in [-0.3, -0.25) is 9.59 Å². The minimum Gasteiger partial charge on any atom is -0.339 e. The monoisotopic (exact) mass is 342 g/mol. The van der Waals surface area contributed by atoms with E-state index in [1.54, 1.807) is 4.90 Å². The highest BCUT2D eigenvalue weighted by molar-refractivity contribution is 5.79. The summed E-state index contributed by atoms with van der Waals surface area (Å²) in [5.74, 6) is 0.560. The molecule has 132 valence electrons. The van der Waals surface area contributed by atoms with Gasteiger partial charge < -0.3 is 9.80 Å². The van der Waals surface area contributed by atoms with E-state index in [0.717, 1.165) is 5.56 Å². The fraction of sp³-hybridized carbons (Fsp3) is 0.471. The predicted octanol–water partition coefficient (Wildman–Crippen LogP) is 0.667. The highest BCUT2D eigenvalue weighted by Crippen LogP contribution is 2.12. The van der Waals surface area contributed by atoms with Crippen molar-refractivity contribution in [3.8, 4) is 11.4 Å². The van der Waals surface area contributed by atoms with Crippen molar-refractivity contribution in [2.24, 2.45) is 5.92 Å². The van der Waals surface area contributed by atoms with Gasteiger partial charge in [-0.05, 0) is 5.21 Å². The van der Waals surface area contributed by atoms with Gasteiger partial charge in [-0.15, -0.1) is 10.2 Å². The minimum absolute atomic E-state index is 0.0157. The van der Waals surface area contributed by atoms with Crippen LogP contribution in [0.3, 0.4) is 0 Å². The molecule has 0 radical (unpaired) electrons. The van der Waals surface area contributed by atoms with Crippen LogP contribution in [0.1, 0.15) is 13.8 Å². The Balaban J connectivity index is 1.55. The number of aromatic nitrogens is 4. The molecule has 0 aliphatic carbocycles. The molecule has 3 rings (SSSR count). The standard InChI is InChI=1S/C17H22N6O2/c1-13(2)17(25)22-10-8-21(9-11-22)15(24)12-23-19-16(18-20-23)14-6-4-3-5-7-14/h3-7,13H,8-12H2,1-2H3. The fourth-order valence-electron chi connectivity index (χ4n) is 2.78. The molecule has 1 aromatic heterocycles. The van der Waals surface area contributed by atoms with Gasteiger partial charge >= 0.3 is 0 Å². The van der Waals surface area contributed by atoms with Gasteiger partial charge in [-0.2, -0.15) is 4.80 Å². The lowest BCUT2D eigenvalue weighted by molar-refractivity contribution is -0.141. The van der Waals surface area contributed by atoms with Crippen molar-refractivity contribution < 1.29 is 9.59 Å². The first-order valence-corrected chi connectivity index (χ1v) is 8.44. The van der Waals surface area contributed by atoms with Crippen molar-refractivity contribution >= 4 is 11.8 Å². The number of rotatable bonds is 4. The number of hydrogen-bond donors (Lipinski definition) is 0. The summed E-state index contributed by atoms with van der Waals surface area (Å²) < 4.78 is 0. The van der Waals surface area contributed by atoms with E-state index in [4.69, 9.17) is 0 Å². The summed E-state index contributed by atoms with van der Waals surface area (Å²) in [5, 5.41) is 12.2. The van der Waals surface area contributed by atoms with Gasteiger partial charge in [0.05, 0.1) is 0 Å². The molecule has 1 saturated heterocycles. The molecule has 2 aromatic rings. The first-order valence-electron chi connectivity index (χ1n) is 8.44. The van der Waals surface area contributed by atoms with Crippen LogP contribution in [0.2, 0.25) is 0 Å². The molecule has 1 aliphatic rings. The summed E-state index contributed by atoms with van der Waals surface area (Å²) in [6, 6.07) is 9.52. The second kappa shape index (κ2) is 7.42. The van der Waals surface area contributed by atoms with Crippen LogP contribution < -0.4 is 0 Å². The molecule has 8 heteroatoms. The Labute approximate surface area is 146 Å². The number of benzene rings is 1. The van der Waals surface area contributed by atoms with E-state index in [9.17, 15) is 9.59 Å². The van der Waals surface area contributed by atoms with Crippen LogP contribution in [-0.2, 0) is 16.1 Å². The highest BCUT2D eigenvalue weighted by atomic mass is 16.2. The van der Waals surface area contributed by atoms with Crippen LogP contribution in [0.4, 0.5) is 0 Å². The van der Waals surface area contributed by atoms with Crippen LogP contribution in [0.5, 0.6) is 0 Å². The molecule has 0 saturated carbocycles. The average molecular weight is 342 g/mol. The number of carbonyl (C=O) groups is 2. The first kappa shape index (κ1) is 17.1. The summed E-state index contributed by atoms with van der Waals surface area (Å²) in [7, 11) is 0. The largest absolute Gasteiger partial charge is 0.339 e. The molecule has 0 atom stereocenters. The maximum Gasteiger partial charge on any atom is 0.246 e. The van der Waals surface area contributed by atoms with Crippen molar-refractivity contribution in [2.75, 3.05) is 26.2 Å². The maximum atomic E-state index is 12.4. The molecular weight excluding hydrogens is 320 g/mol. The van der Waals surface area contributed by atoms with E-state index in [1.807, 2.05) is 49.1 Å². The van der Waals surface area contributed by atoms with Crippen molar-refractivity contribution in [3.05, 3.63) is 30.3 Å². The van der Waals surface area contributed by atoms with E-state index in [2.05, 4.69) is 15.4 Å². The molecule has 1 aromatic carbocycles. The zero-order chi connectivity index (χ0) is 17.8. The molecule has 1 aliphatic heterocycles. The smallest absolute Gasteiger partial charge is 0.246 e. The van der Waals surface area contributed by atoms with Crippen molar-refractivity contribution in [1.82, 2.24) is 30.0 Å². The van der Waals surface area contributed by atoms with Crippen LogP contribution in [0.25, 0.3) is 11.4 Å². The van der Waals surface area contributed by atoms with Gasteiger partial charge in [0.15, 0.2) is 0 Å². The molecule has 2 heterocycles. The summed E-state index contributed by atoms with van der Waals surface area (Å²) in [4.78, 5) is 29.3. The molecule has 0 unspecified atom stereocenters. The number of amides is 2. The second-order valence-electron chi connectivity index (χ2n) is 6.37. The Morgan fingerprint density at radius 1 is 1.04 bits per heavy atom. The van der Waals surface area contributed by atoms with Crippen LogP contribution >= 0.6 is 0 Å². The number of nitrogens with zero attached hydrogens (tertiary/aromatic N) is 6. The molecule has 0 bridgehead atoms. The van der Waals surface area contributed by atoms with Gasteiger partial charge in [0.25, 0.3) is 0 Å². The Hall–Kier alpha value is -2.77. The third-order valence-corrected chi connectivity index (χ3v) is 4.20. The van der Waals surface area contributed by atoms with Crippen molar-refractivity contribution in [1.29, 1.82) is 0 Å². The van der Waals surface area contributed by atoms with Gasteiger partial charge in [-0.1, -0.05) is 44.2 Å². The normalized spacial score (nSPS) is 14.8. The van der Waals surface area contributed by atoms with E-state index < -0.39 is 0 Å². The summed E-state index contributed by atoms with van der Waals surface area (Å²) >= 11 is 0. The molecule has 0 N–H and O–H groups in total. The summed E-state index contributed by atoms with van der Waals surface area (Å²) in [6.45, 7) is 6.06. The molecule has 25 heavy (non-hydrogen) atoms. The van der Waals surface area contributed by atoms with Gasteiger partial charge in [0, 0.05) is 37.7 Å². The molecule has 2 amide bonds. The van der Waals surface area contributed by atoms with Crippen LogP contribution in [0, 0.1) is 5.92 Å². The zero-order valence-electron chi connectivity index (χ0n) is 14.5. The van der Waals surface area contributed by atoms with E-state index >= 15 is 0 Å². The molecule has 8 nitrogen and oxygen atoms in total. The molecule has 1 fully saturated rings. The quantitative estimate of drug-likeness (QED) is 0.815. The number of tetrazole rings is 1. The lowest BCUT2D eigenvalue weighted by atomic mass is 10.1. The predicted molar refractivity (Wildman–Crippen MR) is 91.3 cm³/mol. The van der Waals surface area contributed by atoms with E-state index in [1.165, 1.54) is 4.80 Å². The Morgan fingerprint density at radius 3 is 2.32 bits per heavy atom. The fourth-order valence-corrected chi connectivity index (χ4v) is 2.78. The minimum atomic E-state index is -0.0614. The maximum absolute atomic E-state index is 12.4.